The first-order chi connectivity index (χ1) is 13.6. The summed E-state index contributed by atoms with van der Waals surface area (Å²) in [5, 5.41) is 11.2. The van der Waals surface area contributed by atoms with Gasteiger partial charge in [-0.05, 0) is 43.7 Å². The number of benzene rings is 1. The Hall–Kier alpha value is -2.50. The molecule has 0 unspecified atom stereocenters. The van der Waals surface area contributed by atoms with Crippen molar-refractivity contribution in [1.29, 1.82) is 0 Å². The van der Waals surface area contributed by atoms with Crippen molar-refractivity contribution in [3.63, 3.8) is 0 Å². The van der Waals surface area contributed by atoms with Crippen molar-refractivity contribution in [2.75, 3.05) is 0 Å². The molecule has 156 valence electrons. The Kier molecular flexibility index (Phi) is 5.92. The smallest absolute Gasteiger partial charge is 0.272 e. The highest BCUT2D eigenvalue weighted by molar-refractivity contribution is 7.89. The zero-order chi connectivity index (χ0) is 21.3. The van der Waals surface area contributed by atoms with E-state index in [0.29, 0.717) is 18.8 Å². The summed E-state index contributed by atoms with van der Waals surface area (Å²) >= 11 is 5.71. The van der Waals surface area contributed by atoms with E-state index in [-0.39, 0.29) is 21.6 Å². The van der Waals surface area contributed by atoms with E-state index in [9.17, 15) is 28.1 Å². The van der Waals surface area contributed by atoms with E-state index in [0.717, 1.165) is 35.7 Å². The first-order valence-electron chi connectivity index (χ1n) is 8.91. The predicted octanol–water partition coefficient (Wildman–Crippen LogP) is 1.94. The third-order valence-corrected chi connectivity index (χ3v) is 6.74. The molecule has 10 nitrogen and oxygen atoms in total. The highest BCUT2D eigenvalue weighted by Crippen LogP contribution is 2.28. The highest BCUT2D eigenvalue weighted by Gasteiger charge is 2.27. The van der Waals surface area contributed by atoms with Crippen LogP contribution in [0.1, 0.15) is 32.6 Å². The first-order valence-corrected chi connectivity index (χ1v) is 10.8. The van der Waals surface area contributed by atoms with Gasteiger partial charge in [-0.15, -0.1) is 0 Å². The number of H-pyrrole nitrogens is 1. The molecule has 0 spiro atoms. The Morgan fingerprint density at radius 3 is 2.52 bits per heavy atom. The molecule has 0 amide bonds. The van der Waals surface area contributed by atoms with Gasteiger partial charge >= 0.3 is 5.69 Å². The summed E-state index contributed by atoms with van der Waals surface area (Å²) in [4.78, 5) is 35.8. The minimum Gasteiger partial charge on any atom is -0.272 e. The maximum Gasteiger partial charge on any atom is 0.333 e. The lowest BCUT2D eigenvalue weighted by Crippen LogP contribution is -2.37. The molecular formula is C17H19ClN4O6S. The highest BCUT2D eigenvalue weighted by atomic mass is 35.5. The van der Waals surface area contributed by atoms with Crippen LogP contribution in [0.25, 0.3) is 5.69 Å². The third kappa shape index (κ3) is 4.57. The molecule has 29 heavy (non-hydrogen) atoms. The van der Waals surface area contributed by atoms with Gasteiger partial charge in [-0.25, -0.2) is 17.9 Å². The fourth-order valence-corrected chi connectivity index (χ4v) is 4.78. The van der Waals surface area contributed by atoms with Crippen LogP contribution in [0.3, 0.4) is 0 Å². The van der Waals surface area contributed by atoms with E-state index >= 15 is 0 Å². The normalized spacial score (nSPS) is 19.8. The molecule has 1 aliphatic rings. The Labute approximate surface area is 170 Å². The van der Waals surface area contributed by atoms with E-state index in [1.807, 2.05) is 4.98 Å². The monoisotopic (exact) mass is 442 g/mol. The third-order valence-electron chi connectivity index (χ3n) is 4.95. The second-order valence-electron chi connectivity index (χ2n) is 7.09. The Balaban J connectivity index is 2.00. The average Bonchev–Trinajstić information content (AvgIpc) is 2.66. The summed E-state index contributed by atoms with van der Waals surface area (Å²) in [5.41, 5.74) is -2.60. The van der Waals surface area contributed by atoms with Gasteiger partial charge in [0.1, 0.15) is 10.7 Å². The van der Waals surface area contributed by atoms with Crippen LogP contribution in [0.5, 0.6) is 0 Å². The number of aromatic nitrogens is 2. The van der Waals surface area contributed by atoms with Gasteiger partial charge in [-0.3, -0.25) is 24.5 Å². The van der Waals surface area contributed by atoms with Crippen LogP contribution in [0.2, 0.25) is 5.02 Å². The zero-order valence-corrected chi connectivity index (χ0v) is 17.0. The molecule has 1 saturated carbocycles. The molecule has 2 N–H and O–H groups in total. The van der Waals surface area contributed by atoms with Crippen LogP contribution in [0.4, 0.5) is 5.69 Å². The van der Waals surface area contributed by atoms with E-state index in [4.69, 9.17) is 11.6 Å². The van der Waals surface area contributed by atoms with Crippen molar-refractivity contribution in [3.8, 4) is 5.69 Å². The number of hydrogen-bond donors (Lipinski definition) is 2. The fourth-order valence-electron chi connectivity index (χ4n) is 3.31. The van der Waals surface area contributed by atoms with Crippen LogP contribution < -0.4 is 16.0 Å². The van der Waals surface area contributed by atoms with E-state index in [2.05, 4.69) is 11.6 Å². The molecule has 1 aromatic carbocycles. The van der Waals surface area contributed by atoms with Gasteiger partial charge in [0.2, 0.25) is 10.0 Å². The maximum absolute atomic E-state index is 12.7. The minimum absolute atomic E-state index is 0.219. The molecule has 3 rings (SSSR count). The summed E-state index contributed by atoms with van der Waals surface area (Å²) in [6.45, 7) is 2.11. The Morgan fingerprint density at radius 1 is 1.24 bits per heavy atom. The number of nitrogens with zero attached hydrogens (tertiary/aromatic N) is 2. The number of halogens is 1. The molecule has 0 radical (unpaired) electrons. The lowest BCUT2D eigenvalue weighted by atomic mass is 9.88. The lowest BCUT2D eigenvalue weighted by molar-refractivity contribution is -0.384. The van der Waals surface area contributed by atoms with Gasteiger partial charge in [0, 0.05) is 18.3 Å². The quantitative estimate of drug-likeness (QED) is 0.534. The second kappa shape index (κ2) is 8.09. The minimum atomic E-state index is -3.98. The molecule has 2 aromatic rings. The van der Waals surface area contributed by atoms with Crippen molar-refractivity contribution >= 4 is 27.3 Å². The summed E-state index contributed by atoms with van der Waals surface area (Å²) in [6.07, 6.45) is 4.16. The van der Waals surface area contributed by atoms with Crippen LogP contribution >= 0.6 is 11.6 Å². The number of rotatable bonds is 5. The van der Waals surface area contributed by atoms with E-state index in [1.54, 1.807) is 0 Å². The van der Waals surface area contributed by atoms with Crippen molar-refractivity contribution in [3.05, 3.63) is 60.4 Å². The standard InChI is InChI=1S/C17H19ClN4O6S/c1-10-2-4-11(5-3-10)20-29(27,28)12-6-7-14(15(8-12)22(25)26)21-9-13(18)16(23)19-17(21)24/h6-11,20H,2-5H2,1H3,(H,19,23,24). The van der Waals surface area contributed by atoms with Crippen molar-refractivity contribution in [2.24, 2.45) is 5.92 Å². The molecule has 1 aliphatic carbocycles. The number of nitrogens with one attached hydrogen (secondary N) is 2. The number of sulfonamides is 1. The summed E-state index contributed by atoms with van der Waals surface area (Å²) in [5.74, 6) is 0.540. The summed E-state index contributed by atoms with van der Waals surface area (Å²) in [7, 11) is -3.98. The van der Waals surface area contributed by atoms with Crippen LogP contribution in [-0.4, -0.2) is 28.9 Å². The molecular weight excluding hydrogens is 424 g/mol. The molecule has 12 heteroatoms. The van der Waals surface area contributed by atoms with Crippen molar-refractivity contribution in [2.45, 2.75) is 43.5 Å². The van der Waals surface area contributed by atoms with Crippen LogP contribution in [0, 0.1) is 16.0 Å². The molecule has 0 aliphatic heterocycles. The molecule has 0 saturated heterocycles. The van der Waals surface area contributed by atoms with Gasteiger partial charge in [-0.2, -0.15) is 0 Å². The number of nitro groups is 1. The number of aromatic amines is 1. The molecule has 1 heterocycles. The number of nitro benzene ring substituents is 1. The summed E-state index contributed by atoms with van der Waals surface area (Å²) < 4.78 is 28.8. The first kappa shape index (κ1) is 21.2. The van der Waals surface area contributed by atoms with Gasteiger partial charge < -0.3 is 0 Å². The van der Waals surface area contributed by atoms with Crippen LogP contribution in [0.15, 0.2) is 38.9 Å². The SMILES string of the molecule is CC1CCC(NS(=O)(=O)c2ccc(-n3cc(Cl)c(=O)[nH]c3=O)c([N+](=O)[O-])c2)CC1. The fraction of sp³-hybridized carbons (Fsp3) is 0.412. The van der Waals surface area contributed by atoms with Gasteiger partial charge in [0.25, 0.3) is 11.2 Å². The molecule has 0 bridgehead atoms. The largest absolute Gasteiger partial charge is 0.333 e. The topological polar surface area (TPSA) is 144 Å². The average molecular weight is 443 g/mol. The number of hydrogen-bond acceptors (Lipinski definition) is 6. The van der Waals surface area contributed by atoms with E-state index in [1.165, 1.54) is 6.07 Å². The van der Waals surface area contributed by atoms with Gasteiger partial charge in [0.15, 0.2) is 0 Å². The Morgan fingerprint density at radius 2 is 1.90 bits per heavy atom. The summed E-state index contributed by atoms with van der Waals surface area (Å²) in [6, 6.07) is 2.96. The zero-order valence-electron chi connectivity index (χ0n) is 15.4. The Bertz CT molecular complexity index is 1170. The molecule has 1 fully saturated rings. The van der Waals surface area contributed by atoms with E-state index < -0.39 is 31.9 Å². The second-order valence-corrected chi connectivity index (χ2v) is 9.21. The van der Waals surface area contributed by atoms with Gasteiger partial charge in [-0.1, -0.05) is 18.5 Å². The van der Waals surface area contributed by atoms with Gasteiger partial charge in [0.05, 0.1) is 9.82 Å². The predicted molar refractivity (Wildman–Crippen MR) is 106 cm³/mol. The maximum atomic E-state index is 12.7. The molecule has 0 atom stereocenters. The lowest BCUT2D eigenvalue weighted by Gasteiger charge is -2.26. The van der Waals surface area contributed by atoms with Crippen molar-refractivity contribution < 1.29 is 13.3 Å². The molecule has 1 aromatic heterocycles. The van der Waals surface area contributed by atoms with Crippen molar-refractivity contribution in [1.82, 2.24) is 14.3 Å². The van der Waals surface area contributed by atoms with Crippen LogP contribution in [-0.2, 0) is 10.0 Å².